The van der Waals surface area contributed by atoms with Gasteiger partial charge in [-0.25, -0.2) is 4.79 Å². The molecule has 0 spiro atoms. The van der Waals surface area contributed by atoms with Crippen molar-refractivity contribution in [2.75, 3.05) is 6.54 Å². The van der Waals surface area contributed by atoms with Crippen LogP contribution >= 0.6 is 0 Å². The van der Waals surface area contributed by atoms with Crippen LogP contribution in [0, 0.1) is 5.41 Å². The van der Waals surface area contributed by atoms with E-state index in [2.05, 4.69) is 27.7 Å². The van der Waals surface area contributed by atoms with Crippen LogP contribution in [-0.2, 0) is 4.74 Å². The molecular formula is C13H25NO2. The van der Waals surface area contributed by atoms with Crippen LogP contribution in [0.5, 0.6) is 0 Å². The molecule has 0 aromatic heterocycles. The highest BCUT2D eigenvalue weighted by atomic mass is 16.6. The Morgan fingerprint density at radius 3 is 2.38 bits per heavy atom. The molecule has 1 atom stereocenters. The van der Waals surface area contributed by atoms with Gasteiger partial charge < -0.3 is 9.64 Å². The molecule has 1 aliphatic rings. The minimum Gasteiger partial charge on any atom is -0.447 e. The van der Waals surface area contributed by atoms with Gasteiger partial charge in [0.05, 0.1) is 6.10 Å². The van der Waals surface area contributed by atoms with Crippen molar-refractivity contribution >= 4 is 6.09 Å². The van der Waals surface area contributed by atoms with Crippen LogP contribution in [-0.4, -0.2) is 29.2 Å². The van der Waals surface area contributed by atoms with Gasteiger partial charge in [0.15, 0.2) is 0 Å². The van der Waals surface area contributed by atoms with E-state index in [1.807, 2.05) is 18.7 Å². The van der Waals surface area contributed by atoms with Crippen molar-refractivity contribution in [3.63, 3.8) is 0 Å². The molecule has 0 aromatic carbocycles. The standard InChI is InChI=1S/C13H25NO2/c1-10(2)16-11(15)14-9-7-8-13(14,6)12(3,4)5/h10H,7-9H2,1-6H3/t13-/m0/s1. The third-order valence-electron chi connectivity index (χ3n) is 3.81. The van der Waals surface area contributed by atoms with E-state index in [0.717, 1.165) is 19.4 Å². The monoisotopic (exact) mass is 227 g/mol. The van der Waals surface area contributed by atoms with Crippen LogP contribution in [0.3, 0.4) is 0 Å². The summed E-state index contributed by atoms with van der Waals surface area (Å²) in [5, 5.41) is 0. The van der Waals surface area contributed by atoms with E-state index in [0.29, 0.717) is 0 Å². The molecule has 3 heteroatoms. The first-order chi connectivity index (χ1) is 7.18. The van der Waals surface area contributed by atoms with Crippen molar-refractivity contribution in [3.8, 4) is 0 Å². The van der Waals surface area contributed by atoms with Gasteiger partial charge in [0.2, 0.25) is 0 Å². The Labute approximate surface area is 99.1 Å². The fraction of sp³-hybridized carbons (Fsp3) is 0.923. The highest BCUT2D eigenvalue weighted by molar-refractivity contribution is 5.69. The highest BCUT2D eigenvalue weighted by Gasteiger charge is 2.48. The molecule has 1 rings (SSSR count). The predicted molar refractivity (Wildman–Crippen MR) is 65.4 cm³/mol. The number of ether oxygens (including phenoxy) is 1. The molecule has 0 N–H and O–H groups in total. The van der Waals surface area contributed by atoms with Gasteiger partial charge in [-0.2, -0.15) is 0 Å². The number of carbonyl (C=O) groups excluding carboxylic acids is 1. The number of hydrogen-bond acceptors (Lipinski definition) is 2. The normalized spacial score (nSPS) is 26.3. The number of carbonyl (C=O) groups is 1. The van der Waals surface area contributed by atoms with E-state index in [-0.39, 0.29) is 23.2 Å². The van der Waals surface area contributed by atoms with E-state index in [9.17, 15) is 4.79 Å². The average molecular weight is 227 g/mol. The summed E-state index contributed by atoms with van der Waals surface area (Å²) in [6.45, 7) is 13.3. The molecule has 16 heavy (non-hydrogen) atoms. The molecule has 0 saturated carbocycles. The van der Waals surface area contributed by atoms with Crippen molar-refractivity contribution < 1.29 is 9.53 Å². The lowest BCUT2D eigenvalue weighted by molar-refractivity contribution is 0.0150. The van der Waals surface area contributed by atoms with Gasteiger partial charge in [-0.1, -0.05) is 20.8 Å². The van der Waals surface area contributed by atoms with E-state index in [1.54, 1.807) is 0 Å². The molecular weight excluding hydrogens is 202 g/mol. The number of rotatable bonds is 1. The first-order valence-corrected chi connectivity index (χ1v) is 6.17. The zero-order valence-corrected chi connectivity index (χ0v) is 11.5. The van der Waals surface area contributed by atoms with Crippen molar-refractivity contribution in [1.82, 2.24) is 4.90 Å². The Morgan fingerprint density at radius 1 is 1.38 bits per heavy atom. The van der Waals surface area contributed by atoms with Crippen LogP contribution in [0.15, 0.2) is 0 Å². The lowest BCUT2D eigenvalue weighted by Gasteiger charge is -2.45. The molecule has 1 amide bonds. The number of amides is 1. The van der Waals surface area contributed by atoms with Gasteiger partial charge in [-0.3, -0.25) is 0 Å². The summed E-state index contributed by atoms with van der Waals surface area (Å²) >= 11 is 0. The van der Waals surface area contributed by atoms with Gasteiger partial charge in [-0.05, 0) is 39.0 Å². The molecule has 0 unspecified atom stereocenters. The summed E-state index contributed by atoms with van der Waals surface area (Å²) in [5.41, 5.74) is -0.00152. The third kappa shape index (κ3) is 2.33. The molecule has 0 bridgehead atoms. The summed E-state index contributed by atoms with van der Waals surface area (Å²) < 4.78 is 5.31. The zero-order valence-electron chi connectivity index (χ0n) is 11.5. The SMILES string of the molecule is CC(C)OC(=O)N1CCC[C@@]1(C)C(C)(C)C. The smallest absolute Gasteiger partial charge is 0.410 e. The largest absolute Gasteiger partial charge is 0.447 e. The van der Waals surface area contributed by atoms with E-state index in [1.165, 1.54) is 0 Å². The fourth-order valence-corrected chi connectivity index (χ4v) is 2.30. The number of likely N-dealkylation sites (tertiary alicyclic amines) is 1. The quantitative estimate of drug-likeness (QED) is 0.687. The second-order valence-electron chi connectivity index (χ2n) is 6.21. The van der Waals surface area contributed by atoms with Gasteiger partial charge in [0, 0.05) is 12.1 Å². The molecule has 1 aliphatic heterocycles. The Kier molecular flexibility index (Phi) is 3.56. The van der Waals surface area contributed by atoms with Gasteiger partial charge in [0.25, 0.3) is 0 Å². The second-order valence-corrected chi connectivity index (χ2v) is 6.21. The Morgan fingerprint density at radius 2 is 1.94 bits per heavy atom. The average Bonchev–Trinajstić information content (AvgIpc) is 2.46. The molecule has 1 fully saturated rings. The number of hydrogen-bond donors (Lipinski definition) is 0. The van der Waals surface area contributed by atoms with Gasteiger partial charge in [0.1, 0.15) is 0 Å². The molecule has 1 saturated heterocycles. The van der Waals surface area contributed by atoms with E-state index in [4.69, 9.17) is 4.74 Å². The second kappa shape index (κ2) is 4.27. The molecule has 0 aromatic rings. The molecule has 3 nitrogen and oxygen atoms in total. The van der Waals surface area contributed by atoms with Crippen LogP contribution in [0.25, 0.3) is 0 Å². The van der Waals surface area contributed by atoms with E-state index >= 15 is 0 Å². The lowest BCUT2D eigenvalue weighted by Crippen LogP contribution is -2.53. The van der Waals surface area contributed by atoms with Gasteiger partial charge in [-0.15, -0.1) is 0 Å². The Hall–Kier alpha value is -0.730. The maximum atomic E-state index is 12.0. The summed E-state index contributed by atoms with van der Waals surface area (Å²) in [6, 6.07) is 0. The summed E-state index contributed by atoms with van der Waals surface area (Å²) in [5.74, 6) is 0. The first kappa shape index (κ1) is 13.3. The van der Waals surface area contributed by atoms with Crippen molar-refractivity contribution in [3.05, 3.63) is 0 Å². The van der Waals surface area contributed by atoms with Crippen molar-refractivity contribution in [2.45, 2.75) is 66.0 Å². The topological polar surface area (TPSA) is 29.5 Å². The predicted octanol–water partition coefficient (Wildman–Crippen LogP) is 3.43. The van der Waals surface area contributed by atoms with Crippen molar-refractivity contribution in [1.29, 1.82) is 0 Å². The van der Waals surface area contributed by atoms with E-state index < -0.39 is 0 Å². The molecule has 0 radical (unpaired) electrons. The van der Waals surface area contributed by atoms with Gasteiger partial charge >= 0.3 is 6.09 Å². The molecule has 0 aliphatic carbocycles. The minimum absolute atomic E-state index is 0.0441. The lowest BCUT2D eigenvalue weighted by atomic mass is 9.73. The molecule has 94 valence electrons. The maximum Gasteiger partial charge on any atom is 0.410 e. The third-order valence-corrected chi connectivity index (χ3v) is 3.81. The molecule has 1 heterocycles. The summed E-state index contributed by atoms with van der Waals surface area (Å²) in [7, 11) is 0. The summed E-state index contributed by atoms with van der Waals surface area (Å²) in [4.78, 5) is 13.9. The van der Waals surface area contributed by atoms with Crippen molar-refractivity contribution in [2.24, 2.45) is 5.41 Å². The van der Waals surface area contributed by atoms with Crippen LogP contribution in [0.2, 0.25) is 0 Å². The van der Waals surface area contributed by atoms with Crippen LogP contribution in [0.4, 0.5) is 4.79 Å². The maximum absolute atomic E-state index is 12.0. The Bertz CT molecular complexity index is 268. The zero-order chi connectivity index (χ0) is 12.6. The minimum atomic E-state index is -0.162. The van der Waals surface area contributed by atoms with Crippen LogP contribution < -0.4 is 0 Å². The number of nitrogens with zero attached hydrogens (tertiary/aromatic N) is 1. The fourth-order valence-electron chi connectivity index (χ4n) is 2.30. The summed E-state index contributed by atoms with van der Waals surface area (Å²) in [6.07, 6.45) is 1.92. The highest BCUT2D eigenvalue weighted by Crippen LogP contribution is 2.43. The Balaban J connectivity index is 2.84. The first-order valence-electron chi connectivity index (χ1n) is 6.17. The van der Waals surface area contributed by atoms with Crippen LogP contribution in [0.1, 0.15) is 54.4 Å².